The molecule has 1 aliphatic heterocycles. The van der Waals surface area contributed by atoms with Gasteiger partial charge < -0.3 is 0 Å². The zero-order chi connectivity index (χ0) is 20.2. The quantitative estimate of drug-likeness (QED) is 0.451. The second kappa shape index (κ2) is 7.12. The minimum Gasteiger partial charge on any atom is -0.284 e. The summed E-state index contributed by atoms with van der Waals surface area (Å²) in [5, 5.41) is 1.12. The van der Waals surface area contributed by atoms with Crippen LogP contribution in [-0.2, 0) is 17.4 Å². The zero-order valence-corrected chi connectivity index (χ0v) is 17.8. The van der Waals surface area contributed by atoms with Crippen LogP contribution < -0.4 is 4.31 Å². The SMILES string of the molecule is O=S(c1ccc(Cl)cc1)N1CC2(F)CCc3ccccc3C2c2cc(Cl)ccc21. The van der Waals surface area contributed by atoms with Crippen LogP contribution in [0.2, 0.25) is 10.0 Å². The molecule has 0 N–H and O–H groups in total. The van der Waals surface area contributed by atoms with Gasteiger partial charge in [0.25, 0.3) is 0 Å². The van der Waals surface area contributed by atoms with Crippen molar-refractivity contribution >= 4 is 39.9 Å². The molecule has 148 valence electrons. The molecular weight excluding hydrogens is 428 g/mol. The Morgan fingerprint density at radius 1 is 0.966 bits per heavy atom. The number of nitrogens with zero attached hydrogens (tertiary/aromatic N) is 1. The maximum atomic E-state index is 16.5. The van der Waals surface area contributed by atoms with E-state index >= 15 is 4.39 Å². The summed E-state index contributed by atoms with van der Waals surface area (Å²) in [7, 11) is -1.55. The predicted octanol–water partition coefficient (Wildman–Crippen LogP) is 6.32. The first kappa shape index (κ1) is 19.1. The maximum absolute atomic E-state index is 16.5. The Kier molecular flexibility index (Phi) is 4.69. The molecule has 0 fully saturated rings. The van der Waals surface area contributed by atoms with Crippen LogP contribution in [0.4, 0.5) is 10.1 Å². The van der Waals surface area contributed by atoms with E-state index in [-0.39, 0.29) is 6.54 Å². The Balaban J connectivity index is 1.67. The molecular formula is C23H18Cl2FNOS. The first-order chi connectivity index (χ1) is 14.0. The second-order valence-corrected chi connectivity index (χ2v) is 9.89. The van der Waals surface area contributed by atoms with Gasteiger partial charge in [0.15, 0.2) is 11.0 Å². The highest BCUT2D eigenvalue weighted by molar-refractivity contribution is 7.86. The predicted molar refractivity (Wildman–Crippen MR) is 117 cm³/mol. The van der Waals surface area contributed by atoms with Crippen LogP contribution in [0.25, 0.3) is 0 Å². The molecule has 2 nitrogen and oxygen atoms in total. The fraction of sp³-hybridized carbons (Fsp3) is 0.217. The lowest BCUT2D eigenvalue weighted by Gasteiger charge is -2.47. The molecule has 0 saturated carbocycles. The van der Waals surface area contributed by atoms with Crippen LogP contribution >= 0.6 is 23.2 Å². The van der Waals surface area contributed by atoms with Gasteiger partial charge in [0, 0.05) is 16.0 Å². The number of benzene rings is 3. The van der Waals surface area contributed by atoms with Gasteiger partial charge in [-0.15, -0.1) is 0 Å². The number of fused-ring (bicyclic) bond motifs is 5. The number of hydrogen-bond donors (Lipinski definition) is 0. The molecule has 3 aromatic carbocycles. The number of halogens is 3. The molecule has 5 rings (SSSR count). The molecule has 0 saturated heterocycles. The van der Waals surface area contributed by atoms with Crippen LogP contribution in [0.5, 0.6) is 0 Å². The van der Waals surface area contributed by atoms with Crippen molar-refractivity contribution in [2.24, 2.45) is 0 Å². The molecule has 1 aliphatic carbocycles. The number of alkyl halides is 1. The number of rotatable bonds is 2. The molecule has 6 heteroatoms. The molecule has 0 amide bonds. The molecule has 0 aromatic heterocycles. The molecule has 2 aliphatic rings. The summed E-state index contributed by atoms with van der Waals surface area (Å²) in [6.45, 7) is 0.0653. The van der Waals surface area contributed by atoms with Gasteiger partial charge in [-0.25, -0.2) is 8.60 Å². The standard InChI is InChI=1S/C23H18Cl2FNOS/c24-16-5-8-18(9-6-16)29(28)27-14-23(26)12-11-15-3-1-2-4-19(15)22(23)20-13-17(25)7-10-21(20)27/h1-10,13,22H,11-12,14H2. The van der Waals surface area contributed by atoms with E-state index in [0.29, 0.717) is 27.8 Å². The summed E-state index contributed by atoms with van der Waals surface area (Å²) in [5.74, 6) is -0.417. The highest BCUT2D eigenvalue weighted by atomic mass is 35.5. The summed E-state index contributed by atoms with van der Waals surface area (Å²) < 4.78 is 31.5. The molecule has 1 heterocycles. The smallest absolute Gasteiger partial charge is 0.153 e. The van der Waals surface area contributed by atoms with Crippen LogP contribution in [-0.4, -0.2) is 16.4 Å². The van der Waals surface area contributed by atoms with E-state index in [1.54, 1.807) is 34.6 Å². The lowest BCUT2D eigenvalue weighted by Crippen LogP contribution is -2.51. The summed E-state index contributed by atoms with van der Waals surface area (Å²) >= 11 is 12.3. The zero-order valence-electron chi connectivity index (χ0n) is 15.4. The van der Waals surface area contributed by atoms with Crippen molar-refractivity contribution < 1.29 is 8.60 Å². The van der Waals surface area contributed by atoms with Gasteiger partial charge >= 0.3 is 0 Å². The maximum Gasteiger partial charge on any atom is 0.153 e. The van der Waals surface area contributed by atoms with E-state index in [4.69, 9.17) is 23.2 Å². The van der Waals surface area contributed by atoms with E-state index in [9.17, 15) is 4.21 Å². The van der Waals surface area contributed by atoms with Gasteiger partial charge in [-0.05, 0) is 72.0 Å². The molecule has 3 atom stereocenters. The van der Waals surface area contributed by atoms with Gasteiger partial charge in [0.05, 0.1) is 17.1 Å². The fourth-order valence-electron chi connectivity index (χ4n) is 4.56. The Morgan fingerprint density at radius 3 is 2.48 bits per heavy atom. The number of anilines is 1. The summed E-state index contributed by atoms with van der Waals surface area (Å²) in [6, 6.07) is 20.3. The van der Waals surface area contributed by atoms with Crippen LogP contribution in [0.3, 0.4) is 0 Å². The van der Waals surface area contributed by atoms with E-state index in [2.05, 4.69) is 6.07 Å². The van der Waals surface area contributed by atoms with Gasteiger partial charge in [0.1, 0.15) is 5.67 Å². The first-order valence-electron chi connectivity index (χ1n) is 9.47. The van der Waals surface area contributed by atoms with E-state index in [1.165, 1.54) is 5.56 Å². The highest BCUT2D eigenvalue weighted by Gasteiger charge is 2.51. The van der Waals surface area contributed by atoms with Crippen molar-refractivity contribution in [2.75, 3.05) is 10.8 Å². The van der Waals surface area contributed by atoms with Gasteiger partial charge in [0.2, 0.25) is 0 Å². The van der Waals surface area contributed by atoms with Crippen molar-refractivity contribution in [1.29, 1.82) is 0 Å². The molecule has 0 radical (unpaired) electrons. The number of hydrogen-bond acceptors (Lipinski definition) is 1. The lowest BCUT2D eigenvalue weighted by molar-refractivity contribution is 0.124. The summed E-state index contributed by atoms with van der Waals surface area (Å²) in [6.07, 6.45) is 1.05. The van der Waals surface area contributed by atoms with Crippen molar-refractivity contribution in [3.8, 4) is 0 Å². The Labute approximate surface area is 181 Å². The summed E-state index contributed by atoms with van der Waals surface area (Å²) in [4.78, 5) is 0.591. The van der Waals surface area contributed by atoms with E-state index in [1.807, 2.05) is 30.3 Å². The van der Waals surface area contributed by atoms with E-state index < -0.39 is 22.6 Å². The van der Waals surface area contributed by atoms with E-state index in [0.717, 1.165) is 16.8 Å². The minimum atomic E-state index is -1.55. The third-order valence-electron chi connectivity index (χ3n) is 5.88. The van der Waals surface area contributed by atoms with Crippen molar-refractivity contribution in [1.82, 2.24) is 0 Å². The van der Waals surface area contributed by atoms with Crippen molar-refractivity contribution in [3.63, 3.8) is 0 Å². The average molecular weight is 446 g/mol. The van der Waals surface area contributed by atoms with Gasteiger partial charge in [-0.2, -0.15) is 0 Å². The second-order valence-electron chi connectivity index (χ2n) is 7.61. The largest absolute Gasteiger partial charge is 0.284 e. The molecule has 29 heavy (non-hydrogen) atoms. The first-order valence-corrected chi connectivity index (χ1v) is 11.3. The van der Waals surface area contributed by atoms with Crippen LogP contribution in [0, 0.1) is 0 Å². The Morgan fingerprint density at radius 2 is 1.69 bits per heavy atom. The minimum absolute atomic E-state index is 0.0653. The monoisotopic (exact) mass is 445 g/mol. The molecule has 3 aromatic rings. The molecule has 0 bridgehead atoms. The topological polar surface area (TPSA) is 20.3 Å². The Bertz CT molecular complexity index is 1120. The fourth-order valence-corrected chi connectivity index (χ4v) is 6.17. The highest BCUT2D eigenvalue weighted by Crippen LogP contribution is 2.53. The Hall–Kier alpha value is -1.88. The van der Waals surface area contributed by atoms with Gasteiger partial charge in [-0.1, -0.05) is 47.5 Å². The third-order valence-corrected chi connectivity index (χ3v) is 7.77. The van der Waals surface area contributed by atoms with Gasteiger partial charge in [-0.3, -0.25) is 4.31 Å². The third kappa shape index (κ3) is 3.18. The number of aryl methyl sites for hydroxylation is 1. The average Bonchev–Trinajstić information content (AvgIpc) is 2.72. The van der Waals surface area contributed by atoms with Crippen molar-refractivity contribution in [2.45, 2.75) is 29.3 Å². The molecule has 3 unspecified atom stereocenters. The van der Waals surface area contributed by atoms with Crippen LogP contribution in [0.1, 0.15) is 29.0 Å². The lowest BCUT2D eigenvalue weighted by atomic mass is 9.68. The molecule has 0 spiro atoms. The van der Waals surface area contributed by atoms with Crippen LogP contribution in [0.15, 0.2) is 71.6 Å². The van der Waals surface area contributed by atoms with Crippen molar-refractivity contribution in [3.05, 3.63) is 93.5 Å². The summed E-state index contributed by atoms with van der Waals surface area (Å²) in [5.41, 5.74) is 2.21. The normalized spacial score (nSPS) is 23.7.